The summed E-state index contributed by atoms with van der Waals surface area (Å²) >= 11 is 0. The molecule has 21 heavy (non-hydrogen) atoms. The largest absolute Gasteiger partial charge is 0.481 e. The first-order valence-corrected chi connectivity index (χ1v) is 7.61. The summed E-state index contributed by atoms with van der Waals surface area (Å²) in [5.41, 5.74) is 0. The van der Waals surface area contributed by atoms with E-state index in [0.29, 0.717) is 25.9 Å². The number of carboxylic acid groups (broad SMARTS) is 1. The van der Waals surface area contributed by atoms with Crippen LogP contribution in [-0.2, 0) is 9.59 Å². The SMILES string of the molecule is O=C(O)CCCNC(=O)NCCC(=O)N1CCCCCC1. The standard InChI is InChI=1S/C14H25N3O4/c18-12(17-10-3-1-2-4-11-17)7-9-16-14(21)15-8-5-6-13(19)20/h1-11H2,(H,19,20)(H2,15,16,21). The third kappa shape index (κ3) is 8.16. The van der Waals surface area contributed by atoms with Gasteiger partial charge in [-0.3, -0.25) is 9.59 Å². The first kappa shape index (κ1) is 17.3. The zero-order valence-corrected chi connectivity index (χ0v) is 12.4. The van der Waals surface area contributed by atoms with Crippen LogP contribution in [0.3, 0.4) is 0 Å². The number of nitrogens with one attached hydrogen (secondary N) is 2. The molecule has 0 aromatic carbocycles. The number of nitrogens with zero attached hydrogens (tertiary/aromatic N) is 1. The van der Waals surface area contributed by atoms with Crippen molar-refractivity contribution < 1.29 is 19.5 Å². The fraction of sp³-hybridized carbons (Fsp3) is 0.786. The van der Waals surface area contributed by atoms with E-state index in [0.717, 1.165) is 25.9 Å². The van der Waals surface area contributed by atoms with E-state index in [-0.39, 0.29) is 18.4 Å². The van der Waals surface area contributed by atoms with Crippen molar-refractivity contribution in [1.82, 2.24) is 15.5 Å². The number of hydrogen-bond acceptors (Lipinski definition) is 3. The van der Waals surface area contributed by atoms with E-state index in [4.69, 9.17) is 5.11 Å². The van der Waals surface area contributed by atoms with Crippen LogP contribution in [0.2, 0.25) is 0 Å². The van der Waals surface area contributed by atoms with Crippen molar-refractivity contribution >= 4 is 17.9 Å². The maximum absolute atomic E-state index is 12.0. The second-order valence-electron chi connectivity index (χ2n) is 5.22. The number of rotatable bonds is 7. The number of carbonyl (C=O) groups excluding carboxylic acids is 2. The lowest BCUT2D eigenvalue weighted by molar-refractivity contribution is -0.137. The maximum atomic E-state index is 12.0. The molecule has 0 aromatic heterocycles. The van der Waals surface area contributed by atoms with Gasteiger partial charge in [-0.1, -0.05) is 12.8 Å². The molecule has 3 N–H and O–H groups in total. The molecule has 1 rings (SSSR count). The summed E-state index contributed by atoms with van der Waals surface area (Å²) in [7, 11) is 0. The Kier molecular flexibility index (Phi) is 8.23. The molecule has 120 valence electrons. The lowest BCUT2D eigenvalue weighted by Crippen LogP contribution is -2.39. The van der Waals surface area contributed by atoms with Gasteiger partial charge >= 0.3 is 12.0 Å². The normalized spacial score (nSPS) is 15.1. The first-order valence-electron chi connectivity index (χ1n) is 7.61. The Bertz CT molecular complexity index is 352. The van der Waals surface area contributed by atoms with Gasteiger partial charge < -0.3 is 20.6 Å². The second-order valence-corrected chi connectivity index (χ2v) is 5.22. The van der Waals surface area contributed by atoms with E-state index in [9.17, 15) is 14.4 Å². The van der Waals surface area contributed by atoms with E-state index in [2.05, 4.69) is 10.6 Å². The van der Waals surface area contributed by atoms with Crippen molar-refractivity contribution in [3.8, 4) is 0 Å². The van der Waals surface area contributed by atoms with Gasteiger partial charge in [0.25, 0.3) is 0 Å². The van der Waals surface area contributed by atoms with E-state index in [1.54, 1.807) is 0 Å². The van der Waals surface area contributed by atoms with Crippen LogP contribution in [0.25, 0.3) is 0 Å². The number of aliphatic carboxylic acids is 1. The Labute approximate surface area is 125 Å². The molecule has 0 bridgehead atoms. The van der Waals surface area contributed by atoms with Crippen molar-refractivity contribution in [2.45, 2.75) is 44.9 Å². The van der Waals surface area contributed by atoms with Crippen LogP contribution in [0, 0.1) is 0 Å². The summed E-state index contributed by atoms with van der Waals surface area (Å²) in [5, 5.41) is 13.6. The van der Waals surface area contributed by atoms with Crippen molar-refractivity contribution in [2.24, 2.45) is 0 Å². The quantitative estimate of drug-likeness (QED) is 0.609. The van der Waals surface area contributed by atoms with Crippen molar-refractivity contribution in [1.29, 1.82) is 0 Å². The predicted molar refractivity (Wildman–Crippen MR) is 77.9 cm³/mol. The van der Waals surface area contributed by atoms with Crippen LogP contribution in [0.5, 0.6) is 0 Å². The number of urea groups is 1. The van der Waals surface area contributed by atoms with E-state index >= 15 is 0 Å². The zero-order chi connectivity index (χ0) is 15.5. The van der Waals surface area contributed by atoms with Crippen LogP contribution in [-0.4, -0.2) is 54.1 Å². The Morgan fingerprint density at radius 2 is 1.52 bits per heavy atom. The maximum Gasteiger partial charge on any atom is 0.314 e. The molecule has 0 unspecified atom stereocenters. The topological polar surface area (TPSA) is 98.7 Å². The average Bonchev–Trinajstić information content (AvgIpc) is 2.72. The molecule has 1 aliphatic rings. The zero-order valence-electron chi connectivity index (χ0n) is 12.4. The smallest absolute Gasteiger partial charge is 0.314 e. The summed E-state index contributed by atoms with van der Waals surface area (Å²) in [6.45, 7) is 2.26. The molecule has 1 aliphatic heterocycles. The molecule has 0 spiro atoms. The van der Waals surface area contributed by atoms with Crippen molar-refractivity contribution in [3.63, 3.8) is 0 Å². The lowest BCUT2D eigenvalue weighted by atomic mass is 10.2. The molecule has 0 aliphatic carbocycles. The van der Waals surface area contributed by atoms with E-state index < -0.39 is 5.97 Å². The summed E-state index contributed by atoms with van der Waals surface area (Å²) in [6, 6.07) is -0.357. The molecular formula is C14H25N3O4. The van der Waals surface area contributed by atoms with Crippen LogP contribution in [0.4, 0.5) is 4.79 Å². The van der Waals surface area contributed by atoms with Crippen LogP contribution in [0.15, 0.2) is 0 Å². The highest BCUT2D eigenvalue weighted by Gasteiger charge is 2.15. The van der Waals surface area contributed by atoms with Gasteiger partial charge in [-0.25, -0.2) is 4.79 Å². The first-order chi connectivity index (χ1) is 10.1. The predicted octanol–water partition coefficient (Wildman–Crippen LogP) is 0.943. The minimum atomic E-state index is -0.875. The fourth-order valence-corrected chi connectivity index (χ4v) is 2.27. The Balaban J connectivity index is 2.07. The molecular weight excluding hydrogens is 274 g/mol. The Hall–Kier alpha value is -1.79. The fourth-order valence-electron chi connectivity index (χ4n) is 2.27. The molecule has 7 nitrogen and oxygen atoms in total. The minimum absolute atomic E-state index is 0.0354. The number of carbonyl (C=O) groups is 3. The average molecular weight is 299 g/mol. The molecule has 0 atom stereocenters. The summed E-state index contributed by atoms with van der Waals surface area (Å²) < 4.78 is 0. The Morgan fingerprint density at radius 1 is 0.905 bits per heavy atom. The highest BCUT2D eigenvalue weighted by Crippen LogP contribution is 2.10. The van der Waals surface area contributed by atoms with Crippen molar-refractivity contribution in [2.75, 3.05) is 26.2 Å². The second kappa shape index (κ2) is 10.0. The highest BCUT2D eigenvalue weighted by molar-refractivity contribution is 5.78. The molecule has 3 amide bonds. The van der Waals surface area contributed by atoms with Gasteiger partial charge in [0.05, 0.1) is 0 Å². The van der Waals surface area contributed by atoms with E-state index in [1.807, 2.05) is 4.90 Å². The van der Waals surface area contributed by atoms with Gasteiger partial charge in [0, 0.05) is 39.0 Å². The van der Waals surface area contributed by atoms with Crippen LogP contribution >= 0.6 is 0 Å². The molecule has 1 heterocycles. The monoisotopic (exact) mass is 299 g/mol. The molecule has 1 fully saturated rings. The van der Waals surface area contributed by atoms with Crippen LogP contribution < -0.4 is 10.6 Å². The van der Waals surface area contributed by atoms with Crippen LogP contribution in [0.1, 0.15) is 44.9 Å². The molecule has 0 radical (unpaired) electrons. The van der Waals surface area contributed by atoms with Gasteiger partial charge in [-0.2, -0.15) is 0 Å². The number of likely N-dealkylation sites (tertiary alicyclic amines) is 1. The summed E-state index contributed by atoms with van der Waals surface area (Å²) in [4.78, 5) is 35.5. The Morgan fingerprint density at radius 3 is 2.14 bits per heavy atom. The third-order valence-corrected chi connectivity index (χ3v) is 3.44. The number of carboxylic acids is 1. The van der Waals surface area contributed by atoms with Crippen molar-refractivity contribution in [3.05, 3.63) is 0 Å². The third-order valence-electron chi connectivity index (χ3n) is 3.44. The summed E-state index contributed by atoms with van der Waals surface area (Å²) in [6.07, 6.45) is 5.22. The highest BCUT2D eigenvalue weighted by atomic mass is 16.4. The van der Waals surface area contributed by atoms with E-state index in [1.165, 1.54) is 12.8 Å². The minimum Gasteiger partial charge on any atom is -0.481 e. The molecule has 7 heteroatoms. The van der Waals surface area contributed by atoms with Gasteiger partial charge in [0.1, 0.15) is 0 Å². The number of amides is 3. The van der Waals surface area contributed by atoms with Gasteiger partial charge in [0.2, 0.25) is 5.91 Å². The van der Waals surface area contributed by atoms with Gasteiger partial charge in [0.15, 0.2) is 0 Å². The molecule has 1 saturated heterocycles. The molecule has 0 aromatic rings. The summed E-state index contributed by atoms with van der Waals surface area (Å²) in [5.74, 6) is -0.789. The number of hydrogen-bond donors (Lipinski definition) is 3. The molecule has 0 saturated carbocycles. The van der Waals surface area contributed by atoms with Gasteiger partial charge in [-0.15, -0.1) is 0 Å². The lowest BCUT2D eigenvalue weighted by Gasteiger charge is -2.20. The van der Waals surface area contributed by atoms with Gasteiger partial charge in [-0.05, 0) is 19.3 Å².